The number of furan rings is 1. The summed E-state index contributed by atoms with van der Waals surface area (Å²) in [6, 6.07) is 9.52. The Bertz CT molecular complexity index is 832. The molecule has 0 spiro atoms. The summed E-state index contributed by atoms with van der Waals surface area (Å²) in [5.74, 6) is 0.298. The molecule has 24 heavy (non-hydrogen) atoms. The summed E-state index contributed by atoms with van der Waals surface area (Å²) in [5.41, 5.74) is 2.05. The molecule has 3 N–H and O–H groups in total. The molecule has 5 heteroatoms. The highest BCUT2D eigenvalue weighted by Crippen LogP contribution is 2.23. The summed E-state index contributed by atoms with van der Waals surface area (Å²) in [7, 11) is 0. The lowest BCUT2D eigenvalue weighted by Crippen LogP contribution is -2.39. The Morgan fingerprint density at radius 2 is 2.12 bits per heavy atom. The quantitative estimate of drug-likeness (QED) is 0.652. The predicted molar refractivity (Wildman–Crippen MR) is 92.7 cm³/mol. The van der Waals surface area contributed by atoms with Crippen LogP contribution in [0.2, 0.25) is 0 Å². The van der Waals surface area contributed by atoms with Gasteiger partial charge in [0, 0.05) is 17.1 Å². The first kappa shape index (κ1) is 16.3. The fraction of sp³-hybridized carbons (Fsp3) is 0.316. The maximum Gasteiger partial charge on any atom is 0.224 e. The summed E-state index contributed by atoms with van der Waals surface area (Å²) in [5, 5.41) is 14.2. The Labute approximate surface area is 140 Å². The Morgan fingerprint density at radius 1 is 1.29 bits per heavy atom. The van der Waals surface area contributed by atoms with E-state index < -0.39 is 5.60 Å². The van der Waals surface area contributed by atoms with E-state index in [1.165, 1.54) is 11.8 Å². The third-order valence-electron chi connectivity index (χ3n) is 4.30. The zero-order chi connectivity index (χ0) is 17.2. The standard InChI is InChI=1S/C19H22N2O3/c1-3-13-6-4-7-15-14(11-20-18(13)15)10-17(22)21-12-19(2,23)16-8-5-9-24-16/h4-9,11,20,23H,3,10,12H2,1-2H3,(H,21,22). The largest absolute Gasteiger partial charge is 0.466 e. The zero-order valence-corrected chi connectivity index (χ0v) is 13.9. The van der Waals surface area contributed by atoms with Crippen LogP contribution in [-0.4, -0.2) is 22.5 Å². The van der Waals surface area contributed by atoms with Crippen molar-refractivity contribution in [3.8, 4) is 0 Å². The number of hydrogen-bond donors (Lipinski definition) is 3. The van der Waals surface area contributed by atoms with Crippen molar-refractivity contribution in [2.75, 3.05) is 6.54 Å². The second-order valence-electron chi connectivity index (χ2n) is 6.21. The van der Waals surface area contributed by atoms with Crippen molar-refractivity contribution in [2.24, 2.45) is 0 Å². The first-order valence-corrected chi connectivity index (χ1v) is 8.12. The molecule has 1 aromatic carbocycles. The normalized spacial score (nSPS) is 13.8. The molecule has 0 saturated carbocycles. The van der Waals surface area contributed by atoms with Gasteiger partial charge in [-0.25, -0.2) is 0 Å². The monoisotopic (exact) mass is 326 g/mol. The van der Waals surface area contributed by atoms with Crippen molar-refractivity contribution >= 4 is 16.8 Å². The average molecular weight is 326 g/mol. The minimum Gasteiger partial charge on any atom is -0.466 e. The summed E-state index contributed by atoms with van der Waals surface area (Å²) >= 11 is 0. The third-order valence-corrected chi connectivity index (χ3v) is 4.30. The number of aryl methyl sites for hydroxylation is 1. The molecule has 3 aromatic rings. The van der Waals surface area contributed by atoms with Crippen LogP contribution in [0.3, 0.4) is 0 Å². The summed E-state index contributed by atoms with van der Waals surface area (Å²) in [6.07, 6.45) is 4.59. The van der Waals surface area contributed by atoms with Crippen molar-refractivity contribution < 1.29 is 14.3 Å². The number of H-pyrrole nitrogens is 1. The topological polar surface area (TPSA) is 78.3 Å². The molecule has 0 aliphatic heterocycles. The Kier molecular flexibility index (Phi) is 4.44. The number of carbonyl (C=O) groups is 1. The second-order valence-corrected chi connectivity index (χ2v) is 6.21. The van der Waals surface area contributed by atoms with Gasteiger partial charge in [-0.15, -0.1) is 0 Å². The average Bonchev–Trinajstić information content (AvgIpc) is 3.23. The van der Waals surface area contributed by atoms with Crippen molar-refractivity contribution in [1.82, 2.24) is 10.3 Å². The number of hydrogen-bond acceptors (Lipinski definition) is 3. The van der Waals surface area contributed by atoms with Crippen molar-refractivity contribution in [1.29, 1.82) is 0 Å². The van der Waals surface area contributed by atoms with Crippen LogP contribution in [0.5, 0.6) is 0 Å². The summed E-state index contributed by atoms with van der Waals surface area (Å²) in [4.78, 5) is 15.5. The number of para-hydroxylation sites is 1. The molecule has 0 aliphatic carbocycles. The summed E-state index contributed by atoms with van der Waals surface area (Å²) < 4.78 is 5.21. The lowest BCUT2D eigenvalue weighted by atomic mass is 10.0. The van der Waals surface area contributed by atoms with E-state index >= 15 is 0 Å². The third kappa shape index (κ3) is 3.21. The van der Waals surface area contributed by atoms with Gasteiger partial charge in [-0.1, -0.05) is 25.1 Å². The van der Waals surface area contributed by atoms with E-state index in [4.69, 9.17) is 4.42 Å². The van der Waals surface area contributed by atoms with E-state index in [0.29, 0.717) is 5.76 Å². The van der Waals surface area contributed by atoms with Gasteiger partial charge in [0.2, 0.25) is 5.91 Å². The zero-order valence-electron chi connectivity index (χ0n) is 13.9. The molecule has 0 radical (unpaired) electrons. The highest BCUT2D eigenvalue weighted by molar-refractivity contribution is 5.90. The SMILES string of the molecule is CCc1cccc2c(CC(=O)NCC(C)(O)c3ccco3)c[nH]c12. The highest BCUT2D eigenvalue weighted by atomic mass is 16.4. The molecule has 2 aromatic heterocycles. The maximum atomic E-state index is 12.3. The number of fused-ring (bicyclic) bond motifs is 1. The molecule has 2 heterocycles. The Balaban J connectivity index is 1.67. The predicted octanol–water partition coefficient (Wildman–Crippen LogP) is 2.89. The molecular formula is C19H22N2O3. The number of benzene rings is 1. The van der Waals surface area contributed by atoms with Crippen LogP contribution in [0.1, 0.15) is 30.7 Å². The van der Waals surface area contributed by atoms with Gasteiger partial charge in [0.25, 0.3) is 0 Å². The first-order valence-electron chi connectivity index (χ1n) is 8.12. The van der Waals surface area contributed by atoms with Crippen molar-refractivity contribution in [3.63, 3.8) is 0 Å². The smallest absolute Gasteiger partial charge is 0.224 e. The van der Waals surface area contributed by atoms with Gasteiger partial charge in [-0.2, -0.15) is 0 Å². The number of aromatic amines is 1. The number of aromatic nitrogens is 1. The molecule has 0 saturated heterocycles. The van der Waals surface area contributed by atoms with Gasteiger partial charge in [-0.05, 0) is 36.6 Å². The van der Waals surface area contributed by atoms with E-state index in [9.17, 15) is 9.90 Å². The van der Waals surface area contributed by atoms with E-state index in [1.54, 1.807) is 19.1 Å². The number of carbonyl (C=O) groups excluding carboxylic acids is 1. The van der Waals surface area contributed by atoms with Gasteiger partial charge in [0.15, 0.2) is 0 Å². The van der Waals surface area contributed by atoms with Crippen molar-refractivity contribution in [3.05, 3.63) is 59.7 Å². The first-order chi connectivity index (χ1) is 11.5. The fourth-order valence-corrected chi connectivity index (χ4v) is 2.89. The van der Waals surface area contributed by atoms with E-state index in [2.05, 4.69) is 23.3 Å². The maximum absolute atomic E-state index is 12.3. The van der Waals surface area contributed by atoms with Gasteiger partial charge < -0.3 is 19.8 Å². The number of amides is 1. The van der Waals surface area contributed by atoms with Crippen LogP contribution < -0.4 is 5.32 Å². The van der Waals surface area contributed by atoms with E-state index in [1.807, 2.05) is 18.3 Å². The number of nitrogens with one attached hydrogen (secondary N) is 2. The van der Waals surface area contributed by atoms with Crippen LogP contribution >= 0.6 is 0 Å². The molecule has 1 unspecified atom stereocenters. The molecule has 3 rings (SSSR count). The van der Waals surface area contributed by atoms with Crippen LogP contribution in [-0.2, 0) is 23.2 Å². The fourth-order valence-electron chi connectivity index (χ4n) is 2.89. The molecule has 0 bridgehead atoms. The van der Waals surface area contributed by atoms with Gasteiger partial charge >= 0.3 is 0 Å². The Hall–Kier alpha value is -2.53. The van der Waals surface area contributed by atoms with Crippen LogP contribution in [0.4, 0.5) is 0 Å². The van der Waals surface area contributed by atoms with Gasteiger partial charge in [0.05, 0.1) is 19.2 Å². The van der Waals surface area contributed by atoms with Crippen LogP contribution in [0.25, 0.3) is 10.9 Å². The van der Waals surface area contributed by atoms with E-state index in [0.717, 1.165) is 22.9 Å². The second kappa shape index (κ2) is 6.53. The molecular weight excluding hydrogens is 304 g/mol. The van der Waals surface area contributed by atoms with Gasteiger partial charge in [0.1, 0.15) is 11.4 Å². The molecule has 5 nitrogen and oxygen atoms in total. The lowest BCUT2D eigenvalue weighted by molar-refractivity contribution is -0.121. The molecule has 1 atom stereocenters. The number of aliphatic hydroxyl groups is 1. The minimum absolute atomic E-state index is 0.0991. The molecule has 0 aliphatic rings. The molecule has 1 amide bonds. The van der Waals surface area contributed by atoms with E-state index in [-0.39, 0.29) is 18.9 Å². The molecule has 126 valence electrons. The lowest BCUT2D eigenvalue weighted by Gasteiger charge is -2.21. The minimum atomic E-state index is -1.23. The van der Waals surface area contributed by atoms with Crippen LogP contribution in [0, 0.1) is 0 Å². The molecule has 0 fully saturated rings. The Morgan fingerprint density at radius 3 is 2.83 bits per heavy atom. The van der Waals surface area contributed by atoms with Crippen LogP contribution in [0.15, 0.2) is 47.2 Å². The van der Waals surface area contributed by atoms with Crippen molar-refractivity contribution in [2.45, 2.75) is 32.3 Å². The summed E-state index contributed by atoms with van der Waals surface area (Å²) in [6.45, 7) is 3.83. The van der Waals surface area contributed by atoms with Gasteiger partial charge in [-0.3, -0.25) is 4.79 Å². The highest BCUT2D eigenvalue weighted by Gasteiger charge is 2.26. The number of rotatable bonds is 6.